The molecule has 1 amide bonds. The van der Waals surface area contributed by atoms with Crippen molar-refractivity contribution < 1.29 is 14.6 Å². The van der Waals surface area contributed by atoms with Crippen LogP contribution in [0.5, 0.6) is 5.75 Å². The number of rotatable bonds is 5. The normalized spacial score (nSPS) is 14.6. The molecule has 5 heteroatoms. The molecule has 0 radical (unpaired) electrons. The Bertz CT molecular complexity index is 679. The molecule has 0 saturated heterocycles. The van der Waals surface area contributed by atoms with Crippen molar-refractivity contribution in [2.75, 3.05) is 13.2 Å². The third kappa shape index (κ3) is 3.55. The monoisotopic (exact) mass is 315 g/mol. The summed E-state index contributed by atoms with van der Waals surface area (Å²) in [6.07, 6.45) is 3.38. The van der Waals surface area contributed by atoms with Gasteiger partial charge in [-0.3, -0.25) is 4.79 Å². The van der Waals surface area contributed by atoms with E-state index in [1.807, 2.05) is 35.0 Å². The van der Waals surface area contributed by atoms with Gasteiger partial charge < -0.3 is 15.2 Å². The molecule has 1 aliphatic rings. The van der Waals surface area contributed by atoms with Crippen molar-refractivity contribution in [2.45, 2.75) is 12.5 Å². The first kappa shape index (κ1) is 14.8. The van der Waals surface area contributed by atoms with Crippen molar-refractivity contribution in [1.82, 2.24) is 5.32 Å². The molecule has 22 heavy (non-hydrogen) atoms. The second kappa shape index (κ2) is 6.77. The molecule has 0 aliphatic carbocycles. The van der Waals surface area contributed by atoms with Crippen LogP contribution in [0.2, 0.25) is 0 Å². The Hall–Kier alpha value is -2.11. The first-order valence-electron chi connectivity index (χ1n) is 7.14. The lowest BCUT2D eigenvalue weighted by Crippen LogP contribution is -2.26. The van der Waals surface area contributed by atoms with Gasteiger partial charge in [-0.05, 0) is 51.7 Å². The molecule has 0 spiro atoms. The van der Waals surface area contributed by atoms with Gasteiger partial charge in [0, 0.05) is 19.0 Å². The number of thiophene rings is 1. The highest BCUT2D eigenvalue weighted by molar-refractivity contribution is 7.08. The number of hydrogen-bond acceptors (Lipinski definition) is 4. The largest absolute Gasteiger partial charge is 0.493 e. The second-order valence-electron chi connectivity index (χ2n) is 5.12. The SMILES string of the molecule is O=C(/C=C/c1ccsc1)NCC(O)c1ccc2c(c1)CCO2. The van der Waals surface area contributed by atoms with Crippen molar-refractivity contribution in [1.29, 1.82) is 0 Å². The van der Waals surface area contributed by atoms with E-state index in [1.165, 1.54) is 6.08 Å². The van der Waals surface area contributed by atoms with Crippen LogP contribution < -0.4 is 10.1 Å². The highest BCUT2D eigenvalue weighted by atomic mass is 32.1. The van der Waals surface area contributed by atoms with Crippen LogP contribution in [-0.2, 0) is 11.2 Å². The Kier molecular flexibility index (Phi) is 4.56. The fraction of sp³-hybridized carbons (Fsp3) is 0.235. The van der Waals surface area contributed by atoms with E-state index in [0.29, 0.717) is 6.61 Å². The predicted molar refractivity (Wildman–Crippen MR) is 87.0 cm³/mol. The van der Waals surface area contributed by atoms with Crippen LogP contribution in [0.4, 0.5) is 0 Å². The summed E-state index contributed by atoms with van der Waals surface area (Å²) in [7, 11) is 0. The van der Waals surface area contributed by atoms with Gasteiger partial charge in [0.2, 0.25) is 5.91 Å². The Balaban J connectivity index is 1.53. The van der Waals surface area contributed by atoms with E-state index in [2.05, 4.69) is 5.32 Å². The van der Waals surface area contributed by atoms with Gasteiger partial charge in [-0.1, -0.05) is 6.07 Å². The molecular weight excluding hydrogens is 298 g/mol. The molecule has 1 aromatic heterocycles. The lowest BCUT2D eigenvalue weighted by molar-refractivity contribution is -0.116. The Morgan fingerprint density at radius 2 is 2.36 bits per heavy atom. The molecule has 0 bridgehead atoms. The molecule has 1 unspecified atom stereocenters. The number of aliphatic hydroxyl groups excluding tert-OH is 1. The molecular formula is C17H17NO3S. The summed E-state index contributed by atoms with van der Waals surface area (Å²) in [5.41, 5.74) is 2.91. The van der Waals surface area contributed by atoms with Gasteiger partial charge >= 0.3 is 0 Å². The minimum Gasteiger partial charge on any atom is -0.493 e. The number of benzene rings is 1. The molecule has 0 saturated carbocycles. The first-order chi connectivity index (χ1) is 10.7. The molecule has 2 aromatic rings. The fourth-order valence-electron chi connectivity index (χ4n) is 2.33. The fourth-order valence-corrected chi connectivity index (χ4v) is 2.96. The van der Waals surface area contributed by atoms with Crippen LogP contribution >= 0.6 is 11.3 Å². The van der Waals surface area contributed by atoms with Gasteiger partial charge in [-0.2, -0.15) is 11.3 Å². The third-order valence-corrected chi connectivity index (χ3v) is 4.24. The zero-order valence-electron chi connectivity index (χ0n) is 12.0. The third-order valence-electron chi connectivity index (χ3n) is 3.54. The Morgan fingerprint density at radius 1 is 1.45 bits per heavy atom. The van der Waals surface area contributed by atoms with E-state index < -0.39 is 6.10 Å². The number of fused-ring (bicyclic) bond motifs is 1. The summed E-state index contributed by atoms with van der Waals surface area (Å²) < 4.78 is 5.44. The van der Waals surface area contributed by atoms with Gasteiger partial charge in [0.1, 0.15) is 5.75 Å². The average Bonchev–Trinajstić information content (AvgIpc) is 3.20. The quantitative estimate of drug-likeness (QED) is 0.834. The smallest absolute Gasteiger partial charge is 0.244 e. The van der Waals surface area contributed by atoms with E-state index in [9.17, 15) is 9.90 Å². The topological polar surface area (TPSA) is 58.6 Å². The number of carbonyl (C=O) groups excluding carboxylic acids is 1. The number of amides is 1. The molecule has 4 nitrogen and oxygen atoms in total. The molecule has 1 atom stereocenters. The van der Waals surface area contributed by atoms with Crippen molar-refractivity contribution in [2.24, 2.45) is 0 Å². The van der Waals surface area contributed by atoms with Crippen molar-refractivity contribution in [3.8, 4) is 5.75 Å². The lowest BCUT2D eigenvalue weighted by atomic mass is 10.0. The predicted octanol–water partition coefficient (Wildman–Crippen LogP) is 2.55. The summed E-state index contributed by atoms with van der Waals surface area (Å²) in [6.45, 7) is 0.880. The number of hydrogen-bond donors (Lipinski definition) is 2. The molecule has 2 N–H and O–H groups in total. The van der Waals surface area contributed by atoms with Gasteiger partial charge in [0.05, 0.1) is 12.7 Å². The standard InChI is InChI=1S/C17H17NO3S/c19-15(13-2-3-16-14(9-13)5-7-21-16)10-18-17(20)4-1-12-6-8-22-11-12/h1-4,6,8-9,11,15,19H,5,7,10H2,(H,18,20)/b4-1+. The highest BCUT2D eigenvalue weighted by Crippen LogP contribution is 2.27. The van der Waals surface area contributed by atoms with Gasteiger partial charge in [0.25, 0.3) is 0 Å². The van der Waals surface area contributed by atoms with Crippen molar-refractivity contribution >= 4 is 23.3 Å². The van der Waals surface area contributed by atoms with E-state index in [1.54, 1.807) is 17.4 Å². The molecule has 114 valence electrons. The maximum atomic E-state index is 11.7. The minimum absolute atomic E-state index is 0.187. The molecule has 1 aliphatic heterocycles. The van der Waals surface area contributed by atoms with E-state index in [0.717, 1.165) is 28.9 Å². The van der Waals surface area contributed by atoms with Crippen molar-refractivity contribution in [3.63, 3.8) is 0 Å². The molecule has 1 aromatic carbocycles. The number of aliphatic hydroxyl groups is 1. The van der Waals surface area contributed by atoms with Crippen LogP contribution in [-0.4, -0.2) is 24.2 Å². The average molecular weight is 315 g/mol. The van der Waals surface area contributed by atoms with Crippen molar-refractivity contribution in [3.05, 3.63) is 57.8 Å². The maximum absolute atomic E-state index is 11.7. The Labute approximate surface area is 133 Å². The number of nitrogens with one attached hydrogen (secondary N) is 1. The lowest BCUT2D eigenvalue weighted by Gasteiger charge is -2.12. The number of ether oxygens (including phenoxy) is 1. The summed E-state index contributed by atoms with van der Waals surface area (Å²) >= 11 is 1.58. The van der Waals surface area contributed by atoms with Gasteiger partial charge in [-0.15, -0.1) is 0 Å². The first-order valence-corrected chi connectivity index (χ1v) is 8.08. The van der Waals surface area contributed by atoms with Crippen LogP contribution in [0.25, 0.3) is 6.08 Å². The van der Waals surface area contributed by atoms with Crippen LogP contribution in [0.1, 0.15) is 22.8 Å². The van der Waals surface area contributed by atoms with E-state index in [-0.39, 0.29) is 12.5 Å². The van der Waals surface area contributed by atoms with E-state index in [4.69, 9.17) is 4.74 Å². The summed E-state index contributed by atoms with van der Waals surface area (Å²) in [5.74, 6) is 0.674. The highest BCUT2D eigenvalue weighted by Gasteiger charge is 2.15. The Morgan fingerprint density at radius 3 is 3.18 bits per heavy atom. The minimum atomic E-state index is -0.718. The summed E-state index contributed by atoms with van der Waals surface area (Å²) in [5, 5.41) is 16.8. The summed E-state index contributed by atoms with van der Waals surface area (Å²) in [6, 6.07) is 7.59. The number of carbonyl (C=O) groups is 1. The van der Waals surface area contributed by atoms with Crippen LogP contribution in [0, 0.1) is 0 Å². The molecule has 3 rings (SSSR count). The van der Waals surface area contributed by atoms with Crippen LogP contribution in [0.3, 0.4) is 0 Å². The van der Waals surface area contributed by atoms with Crippen LogP contribution in [0.15, 0.2) is 41.1 Å². The van der Waals surface area contributed by atoms with E-state index >= 15 is 0 Å². The zero-order chi connectivity index (χ0) is 15.4. The second-order valence-corrected chi connectivity index (χ2v) is 5.90. The molecule has 0 fully saturated rings. The van der Waals surface area contributed by atoms with Gasteiger partial charge in [-0.25, -0.2) is 0 Å². The molecule has 2 heterocycles. The zero-order valence-corrected chi connectivity index (χ0v) is 12.8. The van der Waals surface area contributed by atoms with Gasteiger partial charge in [0.15, 0.2) is 0 Å². The summed E-state index contributed by atoms with van der Waals surface area (Å²) in [4.78, 5) is 11.7. The maximum Gasteiger partial charge on any atom is 0.244 e.